The van der Waals surface area contributed by atoms with Crippen LogP contribution in [-0.2, 0) is 30.2 Å². The molecule has 1 aromatic heterocycles. The van der Waals surface area contributed by atoms with Gasteiger partial charge in [0.15, 0.2) is 0 Å². The number of methoxy groups -OCH3 is 1. The third kappa shape index (κ3) is 3.63. The van der Waals surface area contributed by atoms with Crippen LogP contribution in [0, 0.1) is 0 Å². The highest BCUT2D eigenvalue weighted by Gasteiger charge is 2.16. The Morgan fingerprint density at radius 3 is 2.71 bits per heavy atom. The van der Waals surface area contributed by atoms with E-state index in [1.165, 1.54) is 0 Å². The van der Waals surface area contributed by atoms with Gasteiger partial charge < -0.3 is 15.0 Å². The predicted molar refractivity (Wildman–Crippen MR) is 80.3 cm³/mol. The van der Waals surface area contributed by atoms with Crippen LogP contribution in [0.3, 0.4) is 0 Å². The molecule has 0 atom stereocenters. The summed E-state index contributed by atoms with van der Waals surface area (Å²) < 4.78 is 33.9. The SMILES string of the molecule is COc1cccc(CNS(=O)(=O)c2cc(CN)n(C)c2)c1. The molecule has 0 aliphatic heterocycles. The van der Waals surface area contributed by atoms with Gasteiger partial charge in [-0.1, -0.05) is 12.1 Å². The van der Waals surface area contributed by atoms with Crippen molar-refractivity contribution in [3.8, 4) is 5.75 Å². The van der Waals surface area contributed by atoms with E-state index in [4.69, 9.17) is 10.5 Å². The summed E-state index contributed by atoms with van der Waals surface area (Å²) in [5, 5.41) is 0. The lowest BCUT2D eigenvalue weighted by Crippen LogP contribution is -2.22. The molecule has 0 radical (unpaired) electrons. The van der Waals surface area contributed by atoms with Gasteiger partial charge in [0.05, 0.1) is 12.0 Å². The third-order valence-corrected chi connectivity index (χ3v) is 4.57. The van der Waals surface area contributed by atoms with Gasteiger partial charge in [-0.25, -0.2) is 13.1 Å². The van der Waals surface area contributed by atoms with E-state index in [2.05, 4.69) is 4.72 Å². The number of aromatic nitrogens is 1. The molecule has 0 spiro atoms. The summed E-state index contributed by atoms with van der Waals surface area (Å²) in [7, 11) is -0.219. The quantitative estimate of drug-likeness (QED) is 0.832. The van der Waals surface area contributed by atoms with Gasteiger partial charge in [-0.05, 0) is 23.8 Å². The third-order valence-electron chi connectivity index (χ3n) is 3.20. The van der Waals surface area contributed by atoms with Crippen LogP contribution in [0.15, 0.2) is 41.4 Å². The predicted octanol–water partition coefficient (Wildman–Crippen LogP) is 0.971. The number of hydrogen-bond acceptors (Lipinski definition) is 4. The van der Waals surface area contributed by atoms with E-state index < -0.39 is 10.0 Å². The number of benzene rings is 1. The van der Waals surface area contributed by atoms with Crippen LogP contribution in [0.2, 0.25) is 0 Å². The average molecular weight is 309 g/mol. The Hall–Kier alpha value is -1.83. The lowest BCUT2D eigenvalue weighted by atomic mass is 10.2. The second kappa shape index (κ2) is 6.30. The average Bonchev–Trinajstić information content (AvgIpc) is 2.87. The number of nitrogens with two attached hydrogens (primary N) is 1. The minimum Gasteiger partial charge on any atom is -0.497 e. The van der Waals surface area contributed by atoms with E-state index in [0.717, 1.165) is 11.3 Å². The van der Waals surface area contributed by atoms with Crippen molar-refractivity contribution in [1.82, 2.24) is 9.29 Å². The Morgan fingerprint density at radius 2 is 2.10 bits per heavy atom. The summed E-state index contributed by atoms with van der Waals surface area (Å²) in [5.74, 6) is 0.692. The zero-order valence-corrected chi connectivity index (χ0v) is 12.9. The number of hydrogen-bond donors (Lipinski definition) is 2. The maximum absolute atomic E-state index is 12.2. The minimum atomic E-state index is -3.56. The van der Waals surface area contributed by atoms with Gasteiger partial charge in [0.25, 0.3) is 0 Å². The fourth-order valence-electron chi connectivity index (χ4n) is 1.97. The number of ether oxygens (including phenoxy) is 1. The van der Waals surface area contributed by atoms with Gasteiger partial charge in [0.1, 0.15) is 5.75 Å². The summed E-state index contributed by atoms with van der Waals surface area (Å²) in [6, 6.07) is 8.83. The van der Waals surface area contributed by atoms with E-state index in [1.807, 2.05) is 18.2 Å². The highest BCUT2D eigenvalue weighted by Crippen LogP contribution is 2.15. The number of nitrogens with zero attached hydrogens (tertiary/aromatic N) is 1. The van der Waals surface area contributed by atoms with Gasteiger partial charge in [-0.15, -0.1) is 0 Å². The Bertz CT molecular complexity index is 723. The molecule has 1 heterocycles. The van der Waals surface area contributed by atoms with Crippen molar-refractivity contribution in [2.45, 2.75) is 18.0 Å². The van der Waals surface area contributed by atoms with Crippen LogP contribution in [0.1, 0.15) is 11.3 Å². The monoisotopic (exact) mass is 309 g/mol. The molecular weight excluding hydrogens is 290 g/mol. The molecule has 2 rings (SSSR count). The maximum atomic E-state index is 12.2. The molecule has 7 heteroatoms. The molecule has 0 saturated carbocycles. The highest BCUT2D eigenvalue weighted by molar-refractivity contribution is 7.89. The Balaban J connectivity index is 2.13. The molecule has 114 valence electrons. The van der Waals surface area contributed by atoms with E-state index in [-0.39, 0.29) is 11.4 Å². The second-order valence-electron chi connectivity index (χ2n) is 4.66. The number of nitrogens with one attached hydrogen (secondary N) is 1. The van der Waals surface area contributed by atoms with Crippen molar-refractivity contribution < 1.29 is 13.2 Å². The number of sulfonamides is 1. The first-order chi connectivity index (χ1) is 9.96. The van der Waals surface area contributed by atoms with Gasteiger partial charge in [0.2, 0.25) is 10.0 Å². The van der Waals surface area contributed by atoms with Gasteiger partial charge in [0, 0.05) is 32.0 Å². The molecule has 0 bridgehead atoms. The molecule has 0 aliphatic rings. The van der Waals surface area contributed by atoms with Crippen LogP contribution in [0.4, 0.5) is 0 Å². The van der Waals surface area contributed by atoms with Crippen LogP contribution < -0.4 is 15.2 Å². The summed E-state index contributed by atoms with van der Waals surface area (Å²) >= 11 is 0. The van der Waals surface area contributed by atoms with Crippen molar-refractivity contribution in [3.63, 3.8) is 0 Å². The van der Waals surface area contributed by atoms with Crippen molar-refractivity contribution in [3.05, 3.63) is 47.8 Å². The Labute approximate surface area is 124 Å². The van der Waals surface area contributed by atoms with Crippen LogP contribution in [-0.4, -0.2) is 20.1 Å². The van der Waals surface area contributed by atoms with Crippen LogP contribution >= 0.6 is 0 Å². The van der Waals surface area contributed by atoms with Crippen molar-refractivity contribution in [2.75, 3.05) is 7.11 Å². The van der Waals surface area contributed by atoms with E-state index in [9.17, 15) is 8.42 Å². The van der Waals surface area contributed by atoms with E-state index in [1.54, 1.807) is 37.1 Å². The van der Waals surface area contributed by atoms with Gasteiger partial charge in [-0.3, -0.25) is 0 Å². The first-order valence-corrected chi connectivity index (χ1v) is 7.92. The fraction of sp³-hybridized carbons (Fsp3) is 0.286. The summed E-state index contributed by atoms with van der Waals surface area (Å²) in [6.45, 7) is 0.494. The zero-order chi connectivity index (χ0) is 15.5. The Kier molecular flexibility index (Phi) is 4.66. The fourth-order valence-corrected chi connectivity index (χ4v) is 3.08. The molecule has 2 aromatic rings. The molecule has 6 nitrogen and oxygen atoms in total. The van der Waals surface area contributed by atoms with Crippen LogP contribution in [0.25, 0.3) is 0 Å². The summed E-state index contributed by atoms with van der Waals surface area (Å²) in [5.41, 5.74) is 7.14. The molecule has 0 unspecified atom stereocenters. The number of rotatable bonds is 6. The molecular formula is C14H19N3O3S. The normalized spacial score (nSPS) is 11.6. The smallest absolute Gasteiger partial charge is 0.242 e. The largest absolute Gasteiger partial charge is 0.497 e. The molecule has 0 fully saturated rings. The van der Waals surface area contributed by atoms with Crippen LogP contribution in [0.5, 0.6) is 5.75 Å². The topological polar surface area (TPSA) is 86.3 Å². The first kappa shape index (κ1) is 15.6. The van der Waals surface area contributed by atoms with Crippen molar-refractivity contribution >= 4 is 10.0 Å². The van der Waals surface area contributed by atoms with Gasteiger partial charge in [-0.2, -0.15) is 0 Å². The molecule has 0 aliphatic carbocycles. The molecule has 1 aromatic carbocycles. The lowest BCUT2D eigenvalue weighted by molar-refractivity contribution is 0.414. The molecule has 0 saturated heterocycles. The lowest BCUT2D eigenvalue weighted by Gasteiger charge is -2.06. The Morgan fingerprint density at radius 1 is 1.33 bits per heavy atom. The summed E-state index contributed by atoms with van der Waals surface area (Å²) in [4.78, 5) is 0.216. The van der Waals surface area contributed by atoms with E-state index in [0.29, 0.717) is 12.3 Å². The standard InChI is InChI=1S/C14H19N3O3S/c1-17-10-14(7-12(17)8-15)21(18,19)16-9-11-4-3-5-13(6-11)20-2/h3-7,10,16H,8-9,15H2,1-2H3. The highest BCUT2D eigenvalue weighted by atomic mass is 32.2. The second-order valence-corrected chi connectivity index (χ2v) is 6.43. The zero-order valence-electron chi connectivity index (χ0n) is 12.0. The maximum Gasteiger partial charge on any atom is 0.242 e. The van der Waals surface area contributed by atoms with Crippen molar-refractivity contribution in [2.24, 2.45) is 12.8 Å². The molecule has 3 N–H and O–H groups in total. The minimum absolute atomic E-state index is 0.201. The molecule has 0 amide bonds. The number of aryl methyl sites for hydroxylation is 1. The van der Waals surface area contributed by atoms with E-state index >= 15 is 0 Å². The van der Waals surface area contributed by atoms with Gasteiger partial charge >= 0.3 is 0 Å². The summed E-state index contributed by atoms with van der Waals surface area (Å²) in [6.07, 6.45) is 1.55. The molecule has 21 heavy (non-hydrogen) atoms. The first-order valence-electron chi connectivity index (χ1n) is 6.44. The van der Waals surface area contributed by atoms with Crippen molar-refractivity contribution in [1.29, 1.82) is 0 Å².